The molecule has 4 heteroatoms. The SMILES string of the molecule is CC(C)(C)OC(=O)N(Cc1ccccc1)C(=O)[C@H]1CC=CCC1. The van der Waals surface area contributed by atoms with Crippen LogP contribution in [0.1, 0.15) is 45.6 Å². The Morgan fingerprint density at radius 2 is 1.87 bits per heavy atom. The summed E-state index contributed by atoms with van der Waals surface area (Å²) in [7, 11) is 0. The summed E-state index contributed by atoms with van der Waals surface area (Å²) in [6.07, 6.45) is 5.88. The maximum atomic E-state index is 12.8. The molecule has 0 fully saturated rings. The summed E-state index contributed by atoms with van der Waals surface area (Å²) in [4.78, 5) is 26.6. The molecular formula is C19H25NO3. The van der Waals surface area contributed by atoms with E-state index in [9.17, 15) is 9.59 Å². The average molecular weight is 315 g/mol. The first kappa shape index (κ1) is 17.3. The predicted molar refractivity (Wildman–Crippen MR) is 89.7 cm³/mol. The van der Waals surface area contributed by atoms with Crippen LogP contribution in [0.5, 0.6) is 0 Å². The number of carbonyl (C=O) groups excluding carboxylic acids is 2. The topological polar surface area (TPSA) is 46.6 Å². The Balaban J connectivity index is 2.17. The van der Waals surface area contributed by atoms with Crippen LogP contribution in [0.2, 0.25) is 0 Å². The number of rotatable bonds is 3. The molecule has 2 amide bonds. The zero-order valence-corrected chi connectivity index (χ0v) is 14.1. The Morgan fingerprint density at radius 1 is 1.17 bits per heavy atom. The van der Waals surface area contributed by atoms with E-state index in [2.05, 4.69) is 6.08 Å². The van der Waals surface area contributed by atoms with Crippen molar-refractivity contribution in [3.63, 3.8) is 0 Å². The molecular weight excluding hydrogens is 290 g/mol. The molecule has 0 unspecified atom stereocenters. The van der Waals surface area contributed by atoms with E-state index in [1.54, 1.807) is 20.8 Å². The van der Waals surface area contributed by atoms with Crippen LogP contribution in [0.3, 0.4) is 0 Å². The van der Waals surface area contributed by atoms with E-state index in [1.807, 2.05) is 36.4 Å². The highest BCUT2D eigenvalue weighted by Crippen LogP contribution is 2.23. The van der Waals surface area contributed by atoms with Crippen LogP contribution in [-0.4, -0.2) is 22.5 Å². The van der Waals surface area contributed by atoms with Crippen LogP contribution in [0.4, 0.5) is 4.79 Å². The molecule has 1 aliphatic rings. The van der Waals surface area contributed by atoms with Crippen molar-refractivity contribution in [2.24, 2.45) is 5.92 Å². The van der Waals surface area contributed by atoms with Gasteiger partial charge in [0.25, 0.3) is 0 Å². The summed E-state index contributed by atoms with van der Waals surface area (Å²) >= 11 is 0. The number of nitrogens with zero attached hydrogens (tertiary/aromatic N) is 1. The van der Waals surface area contributed by atoms with Crippen LogP contribution in [0, 0.1) is 5.92 Å². The van der Waals surface area contributed by atoms with Gasteiger partial charge in [-0.2, -0.15) is 0 Å². The van der Waals surface area contributed by atoms with Gasteiger partial charge in [0, 0.05) is 5.92 Å². The van der Waals surface area contributed by atoms with E-state index in [0.717, 1.165) is 18.4 Å². The smallest absolute Gasteiger partial charge is 0.417 e. The minimum atomic E-state index is -0.626. The summed E-state index contributed by atoms with van der Waals surface area (Å²) in [5.41, 5.74) is 0.289. The van der Waals surface area contributed by atoms with Gasteiger partial charge in [0.2, 0.25) is 5.91 Å². The molecule has 0 saturated carbocycles. The lowest BCUT2D eigenvalue weighted by Gasteiger charge is -2.29. The summed E-state index contributed by atoms with van der Waals surface area (Å²) in [6.45, 7) is 5.66. The third kappa shape index (κ3) is 5.23. The maximum Gasteiger partial charge on any atom is 0.417 e. The molecule has 1 aliphatic carbocycles. The minimum absolute atomic E-state index is 0.142. The average Bonchev–Trinajstić information content (AvgIpc) is 2.52. The second-order valence-electron chi connectivity index (χ2n) is 6.87. The standard InChI is InChI=1S/C19H25NO3/c1-19(2,3)23-18(22)20(14-15-10-6-4-7-11-15)17(21)16-12-8-5-9-13-16/h4-8,10-11,16H,9,12-14H2,1-3H3/t16-/m0/s1. The van der Waals surface area contributed by atoms with Crippen molar-refractivity contribution < 1.29 is 14.3 Å². The molecule has 0 N–H and O–H groups in total. The van der Waals surface area contributed by atoms with E-state index >= 15 is 0 Å². The van der Waals surface area contributed by atoms with Gasteiger partial charge in [-0.25, -0.2) is 9.69 Å². The molecule has 1 aromatic carbocycles. The summed E-state index contributed by atoms with van der Waals surface area (Å²) < 4.78 is 5.43. The molecule has 1 aromatic rings. The number of carbonyl (C=O) groups is 2. The zero-order chi connectivity index (χ0) is 16.9. The van der Waals surface area contributed by atoms with Gasteiger partial charge in [-0.15, -0.1) is 0 Å². The predicted octanol–water partition coefficient (Wildman–Crippen LogP) is 4.31. The Morgan fingerprint density at radius 3 is 2.43 bits per heavy atom. The van der Waals surface area contributed by atoms with E-state index in [4.69, 9.17) is 4.74 Å². The zero-order valence-electron chi connectivity index (χ0n) is 14.1. The van der Waals surface area contributed by atoms with Crippen LogP contribution < -0.4 is 0 Å². The third-order valence-corrected chi connectivity index (χ3v) is 3.68. The fourth-order valence-corrected chi connectivity index (χ4v) is 2.55. The molecule has 0 heterocycles. The van der Waals surface area contributed by atoms with Crippen molar-refractivity contribution in [3.8, 4) is 0 Å². The maximum absolute atomic E-state index is 12.8. The first-order valence-corrected chi connectivity index (χ1v) is 8.10. The molecule has 0 aromatic heterocycles. The number of imide groups is 1. The van der Waals surface area contributed by atoms with Crippen molar-refractivity contribution in [1.29, 1.82) is 0 Å². The van der Waals surface area contributed by atoms with Crippen molar-refractivity contribution in [1.82, 2.24) is 4.90 Å². The number of ether oxygens (including phenoxy) is 1. The highest BCUT2D eigenvalue weighted by atomic mass is 16.6. The Bertz CT molecular complexity index is 572. The van der Waals surface area contributed by atoms with Crippen molar-refractivity contribution in [2.75, 3.05) is 0 Å². The largest absolute Gasteiger partial charge is 0.443 e. The third-order valence-electron chi connectivity index (χ3n) is 3.68. The Labute approximate surface area is 138 Å². The highest BCUT2D eigenvalue weighted by Gasteiger charge is 2.32. The number of benzene rings is 1. The van der Waals surface area contributed by atoms with Crippen LogP contribution >= 0.6 is 0 Å². The molecule has 4 nitrogen and oxygen atoms in total. The molecule has 1 atom stereocenters. The summed E-state index contributed by atoms with van der Waals surface area (Å²) in [5, 5.41) is 0. The van der Waals surface area contributed by atoms with Crippen molar-refractivity contribution in [3.05, 3.63) is 48.0 Å². The second kappa shape index (κ2) is 7.44. The minimum Gasteiger partial charge on any atom is -0.443 e. The lowest BCUT2D eigenvalue weighted by molar-refractivity contribution is -0.135. The van der Waals surface area contributed by atoms with Gasteiger partial charge < -0.3 is 4.74 Å². The fourth-order valence-electron chi connectivity index (χ4n) is 2.55. The Kier molecular flexibility index (Phi) is 5.59. The van der Waals surface area contributed by atoms with E-state index in [1.165, 1.54) is 4.90 Å². The van der Waals surface area contributed by atoms with Crippen molar-refractivity contribution >= 4 is 12.0 Å². The van der Waals surface area contributed by atoms with Crippen molar-refractivity contribution in [2.45, 2.75) is 52.2 Å². The lowest BCUT2D eigenvalue weighted by Crippen LogP contribution is -2.43. The monoisotopic (exact) mass is 315 g/mol. The van der Waals surface area contributed by atoms with Gasteiger partial charge in [-0.05, 0) is 45.6 Å². The quantitative estimate of drug-likeness (QED) is 0.781. The first-order chi connectivity index (χ1) is 10.9. The van der Waals surface area contributed by atoms with Gasteiger partial charge in [0.15, 0.2) is 0 Å². The summed E-state index contributed by atoms with van der Waals surface area (Å²) in [5.74, 6) is -0.288. The molecule has 0 spiro atoms. The lowest BCUT2D eigenvalue weighted by atomic mass is 9.93. The van der Waals surface area contributed by atoms with Crippen LogP contribution in [-0.2, 0) is 16.1 Å². The van der Waals surface area contributed by atoms with Gasteiger partial charge in [-0.3, -0.25) is 4.79 Å². The number of hydrogen-bond donors (Lipinski definition) is 0. The van der Waals surface area contributed by atoms with Gasteiger partial charge in [0.05, 0.1) is 6.54 Å². The van der Waals surface area contributed by atoms with Crippen LogP contribution in [0.15, 0.2) is 42.5 Å². The molecule has 23 heavy (non-hydrogen) atoms. The molecule has 0 aliphatic heterocycles. The second-order valence-corrected chi connectivity index (χ2v) is 6.87. The summed E-state index contributed by atoms with van der Waals surface area (Å²) in [6, 6.07) is 9.53. The molecule has 2 rings (SSSR count). The first-order valence-electron chi connectivity index (χ1n) is 8.10. The van der Waals surface area contributed by atoms with Gasteiger partial charge in [0.1, 0.15) is 5.60 Å². The van der Waals surface area contributed by atoms with E-state index in [0.29, 0.717) is 6.42 Å². The molecule has 124 valence electrons. The Hall–Kier alpha value is -2.10. The van der Waals surface area contributed by atoms with Gasteiger partial charge >= 0.3 is 6.09 Å². The van der Waals surface area contributed by atoms with E-state index in [-0.39, 0.29) is 18.4 Å². The van der Waals surface area contributed by atoms with Gasteiger partial charge in [-0.1, -0.05) is 42.5 Å². The van der Waals surface area contributed by atoms with Crippen LogP contribution in [0.25, 0.3) is 0 Å². The molecule has 0 saturated heterocycles. The molecule has 0 bridgehead atoms. The fraction of sp³-hybridized carbons (Fsp3) is 0.474. The number of amides is 2. The number of hydrogen-bond acceptors (Lipinski definition) is 3. The molecule has 0 radical (unpaired) electrons. The normalized spacial score (nSPS) is 17.6. The number of allylic oxidation sites excluding steroid dienone is 2. The highest BCUT2D eigenvalue weighted by molar-refractivity contribution is 5.93. The van der Waals surface area contributed by atoms with E-state index < -0.39 is 11.7 Å².